The highest BCUT2D eigenvalue weighted by molar-refractivity contribution is 7.47. The fourth-order valence-corrected chi connectivity index (χ4v) is 13.6. The molecule has 0 spiro atoms. The molecule has 0 heterocycles. The molecule has 3 N–H and O–H groups in total. The molecule has 98 heavy (non-hydrogen) atoms. The maximum Gasteiger partial charge on any atom is 0.472 e. The van der Waals surface area contributed by atoms with Crippen molar-refractivity contribution in [2.24, 2.45) is 23.7 Å². The van der Waals surface area contributed by atoms with Gasteiger partial charge in [0, 0.05) is 25.7 Å². The van der Waals surface area contributed by atoms with E-state index in [9.17, 15) is 43.2 Å². The molecule has 582 valence electrons. The Bertz CT molecular complexity index is 1930. The lowest BCUT2D eigenvalue weighted by Gasteiger charge is -2.21. The van der Waals surface area contributed by atoms with Crippen LogP contribution in [0, 0.1) is 23.7 Å². The molecule has 0 saturated carbocycles. The summed E-state index contributed by atoms with van der Waals surface area (Å²) in [4.78, 5) is 72.9. The van der Waals surface area contributed by atoms with Gasteiger partial charge in [-0.15, -0.1) is 0 Å². The summed E-state index contributed by atoms with van der Waals surface area (Å²) in [6.07, 6.45) is 54.1. The molecule has 17 nitrogen and oxygen atoms in total. The minimum absolute atomic E-state index is 0.104. The number of aliphatic hydroxyl groups excluding tert-OH is 1. The first-order valence-corrected chi connectivity index (χ1v) is 43.8. The molecule has 0 saturated heterocycles. The number of aliphatic hydroxyl groups is 1. The summed E-state index contributed by atoms with van der Waals surface area (Å²) in [5.74, 6) is 1.03. The van der Waals surface area contributed by atoms with E-state index in [1.807, 2.05) is 0 Å². The van der Waals surface area contributed by atoms with E-state index >= 15 is 0 Å². The van der Waals surface area contributed by atoms with E-state index in [0.717, 1.165) is 114 Å². The van der Waals surface area contributed by atoms with E-state index in [1.54, 1.807) is 0 Å². The minimum atomic E-state index is -4.96. The van der Waals surface area contributed by atoms with E-state index in [1.165, 1.54) is 199 Å². The highest BCUT2D eigenvalue weighted by atomic mass is 31.2. The van der Waals surface area contributed by atoms with Gasteiger partial charge in [0.05, 0.1) is 26.4 Å². The molecular weight excluding hydrogens is 1280 g/mol. The first kappa shape index (κ1) is 96.1. The molecule has 0 aromatic heterocycles. The number of hydrogen-bond acceptors (Lipinski definition) is 15. The van der Waals surface area contributed by atoms with Crippen LogP contribution >= 0.6 is 15.6 Å². The van der Waals surface area contributed by atoms with Gasteiger partial charge in [-0.1, -0.05) is 351 Å². The SMILES string of the molecule is CCC(C)CCCCCCCCCCCCCCCCCCCCC(=O)O[C@H](COC(=O)CCCCCCCCCC(C)C)COP(=O)(O)OCC(O)COP(=O)(O)OC[C@@H](COC(=O)CCCCCCCCCCCCC(C)CC)OC(=O)CCCCCCCCCCC(C)CC. The predicted octanol–water partition coefficient (Wildman–Crippen LogP) is 23.2. The van der Waals surface area contributed by atoms with Crippen molar-refractivity contribution in [2.75, 3.05) is 39.6 Å². The van der Waals surface area contributed by atoms with Crippen LogP contribution in [-0.4, -0.2) is 96.7 Å². The molecular formula is C79H154O17P2. The number of carbonyl (C=O) groups excluding carboxylic acids is 4. The predicted molar refractivity (Wildman–Crippen MR) is 400 cm³/mol. The molecule has 8 atom stereocenters. The lowest BCUT2D eigenvalue weighted by Crippen LogP contribution is -2.30. The van der Waals surface area contributed by atoms with Crippen LogP contribution < -0.4 is 0 Å². The van der Waals surface area contributed by atoms with Gasteiger partial charge in [-0.2, -0.15) is 0 Å². The van der Waals surface area contributed by atoms with Crippen molar-refractivity contribution in [1.82, 2.24) is 0 Å². The molecule has 0 bridgehead atoms. The standard InChI is InChI=1S/C79H154O17P2/c1-9-70(6)56-48-40-32-24-20-18-16-14-12-13-15-17-19-21-27-36-45-53-61-78(83)95-75(66-90-77(82)60-52-44-38-30-31-39-47-55-69(4)5)68-94-98(87,88)92-64-73(80)63-91-97(85,86)93-67-74(96-79(84)62-54-46-37-29-28-34-42-50-58-72(8)11-3)65-89-76(81)59-51-43-35-26-23-22-25-33-41-49-57-71(7)10-2/h69-75,80H,9-68H2,1-8H3,(H,85,86)(H,87,88)/t70?,71?,72?,73?,74-,75-/m1/s1. The summed E-state index contributed by atoms with van der Waals surface area (Å²) in [6, 6.07) is 0. The third kappa shape index (κ3) is 68.5. The van der Waals surface area contributed by atoms with Crippen LogP contribution in [-0.2, 0) is 65.4 Å². The maximum absolute atomic E-state index is 13.1. The van der Waals surface area contributed by atoms with Crippen LogP contribution in [0.1, 0.15) is 402 Å². The molecule has 19 heteroatoms. The Kier molecular flexibility index (Phi) is 66.8. The molecule has 0 fully saturated rings. The van der Waals surface area contributed by atoms with Gasteiger partial charge in [0.2, 0.25) is 0 Å². The zero-order valence-corrected chi connectivity index (χ0v) is 66.2. The van der Waals surface area contributed by atoms with Crippen LogP contribution in [0.3, 0.4) is 0 Å². The van der Waals surface area contributed by atoms with E-state index in [2.05, 4.69) is 55.4 Å². The second kappa shape index (κ2) is 68.2. The zero-order chi connectivity index (χ0) is 72.4. The van der Waals surface area contributed by atoms with Gasteiger partial charge < -0.3 is 33.8 Å². The van der Waals surface area contributed by atoms with Crippen molar-refractivity contribution in [1.29, 1.82) is 0 Å². The minimum Gasteiger partial charge on any atom is -0.462 e. The summed E-state index contributed by atoms with van der Waals surface area (Å²) in [5.41, 5.74) is 0. The number of phosphoric acid groups is 2. The Hall–Kier alpha value is -1.94. The summed E-state index contributed by atoms with van der Waals surface area (Å²) in [7, 11) is -9.92. The second-order valence-electron chi connectivity index (χ2n) is 29.7. The highest BCUT2D eigenvalue weighted by Gasteiger charge is 2.30. The first-order chi connectivity index (χ1) is 47.2. The molecule has 0 aliphatic carbocycles. The van der Waals surface area contributed by atoms with Gasteiger partial charge in [0.25, 0.3) is 0 Å². The topological polar surface area (TPSA) is 237 Å². The fraction of sp³-hybridized carbons (Fsp3) is 0.949. The number of esters is 4. The molecule has 0 rings (SSSR count). The van der Waals surface area contributed by atoms with Gasteiger partial charge in [-0.25, -0.2) is 9.13 Å². The second-order valence-corrected chi connectivity index (χ2v) is 32.6. The first-order valence-electron chi connectivity index (χ1n) is 40.8. The van der Waals surface area contributed by atoms with Crippen molar-refractivity contribution in [3.63, 3.8) is 0 Å². The smallest absolute Gasteiger partial charge is 0.462 e. The maximum atomic E-state index is 13.1. The van der Waals surface area contributed by atoms with Gasteiger partial charge in [0.1, 0.15) is 19.3 Å². The van der Waals surface area contributed by atoms with Crippen LogP contribution in [0.5, 0.6) is 0 Å². The highest BCUT2D eigenvalue weighted by Crippen LogP contribution is 2.45. The number of rotatable bonds is 76. The van der Waals surface area contributed by atoms with Gasteiger partial charge in [-0.05, 0) is 49.4 Å². The number of ether oxygens (including phenoxy) is 4. The lowest BCUT2D eigenvalue weighted by atomic mass is 9.99. The third-order valence-corrected chi connectivity index (χ3v) is 21.3. The lowest BCUT2D eigenvalue weighted by molar-refractivity contribution is -0.161. The van der Waals surface area contributed by atoms with E-state index in [-0.39, 0.29) is 25.7 Å². The van der Waals surface area contributed by atoms with E-state index in [4.69, 9.17) is 37.0 Å². The average molecular weight is 1440 g/mol. The van der Waals surface area contributed by atoms with Crippen molar-refractivity contribution in [3.8, 4) is 0 Å². The average Bonchev–Trinajstić information content (AvgIpc) is 1.07. The van der Waals surface area contributed by atoms with Crippen LogP contribution in [0.2, 0.25) is 0 Å². The third-order valence-electron chi connectivity index (χ3n) is 19.4. The quantitative estimate of drug-likeness (QED) is 0.0222. The van der Waals surface area contributed by atoms with Crippen molar-refractivity contribution >= 4 is 39.5 Å². The molecule has 0 aliphatic rings. The van der Waals surface area contributed by atoms with Crippen LogP contribution in [0.25, 0.3) is 0 Å². The van der Waals surface area contributed by atoms with E-state index < -0.39 is 97.5 Å². The van der Waals surface area contributed by atoms with Gasteiger partial charge >= 0.3 is 39.5 Å². The number of carbonyl (C=O) groups is 4. The van der Waals surface area contributed by atoms with Crippen molar-refractivity contribution in [2.45, 2.75) is 420 Å². The largest absolute Gasteiger partial charge is 0.472 e. The summed E-state index contributed by atoms with van der Waals surface area (Å²) < 4.78 is 68.6. The zero-order valence-electron chi connectivity index (χ0n) is 64.4. The van der Waals surface area contributed by atoms with Crippen LogP contribution in [0.4, 0.5) is 0 Å². The molecule has 0 amide bonds. The van der Waals surface area contributed by atoms with Crippen LogP contribution in [0.15, 0.2) is 0 Å². The Morgan fingerprint density at radius 2 is 0.490 bits per heavy atom. The van der Waals surface area contributed by atoms with E-state index in [0.29, 0.717) is 31.6 Å². The molecule has 0 aliphatic heterocycles. The van der Waals surface area contributed by atoms with Gasteiger partial charge in [-0.3, -0.25) is 37.3 Å². The molecule has 0 radical (unpaired) electrons. The number of unbranched alkanes of at least 4 members (excludes halogenated alkanes) is 39. The van der Waals surface area contributed by atoms with Gasteiger partial charge in [0.15, 0.2) is 12.2 Å². The normalized spacial score (nSPS) is 14.9. The Balaban J connectivity index is 5.19. The Morgan fingerprint density at radius 1 is 0.286 bits per heavy atom. The monoisotopic (exact) mass is 1440 g/mol. The molecule has 0 aromatic carbocycles. The van der Waals surface area contributed by atoms with Crippen molar-refractivity contribution < 1.29 is 80.2 Å². The summed E-state index contributed by atoms with van der Waals surface area (Å²) in [5, 5.41) is 10.6. The number of hydrogen-bond donors (Lipinski definition) is 3. The number of phosphoric ester groups is 2. The fourth-order valence-electron chi connectivity index (χ4n) is 12.0. The molecule has 0 aromatic rings. The summed E-state index contributed by atoms with van der Waals surface area (Å²) in [6.45, 7) is 14.3. The Morgan fingerprint density at radius 3 is 0.724 bits per heavy atom. The summed E-state index contributed by atoms with van der Waals surface area (Å²) >= 11 is 0. The molecule has 6 unspecified atom stereocenters. The Labute approximate surface area is 600 Å². The van der Waals surface area contributed by atoms with Crippen molar-refractivity contribution in [3.05, 3.63) is 0 Å².